The molecule has 1 saturated heterocycles. The second-order valence-corrected chi connectivity index (χ2v) is 9.52. The maximum Gasteiger partial charge on any atom is 0.344 e. The molecule has 3 N–H and O–H groups in total. The van der Waals surface area contributed by atoms with Crippen molar-refractivity contribution < 1.29 is 17.9 Å². The summed E-state index contributed by atoms with van der Waals surface area (Å²) in [5.74, 6) is 0.884. The minimum atomic E-state index is -3.87. The van der Waals surface area contributed by atoms with Gasteiger partial charge in [0.1, 0.15) is 18.2 Å². The smallest absolute Gasteiger partial charge is 0.344 e. The van der Waals surface area contributed by atoms with Crippen LogP contribution < -0.4 is 15.2 Å². The van der Waals surface area contributed by atoms with Crippen molar-refractivity contribution >= 4 is 27.6 Å². The molecular weight excluding hydrogens is 456 g/mol. The molecule has 1 atom stereocenters. The van der Waals surface area contributed by atoms with Gasteiger partial charge in [-0.3, -0.25) is 9.52 Å². The monoisotopic (exact) mass is 480 g/mol. The third kappa shape index (κ3) is 4.34. The van der Waals surface area contributed by atoms with E-state index >= 15 is 0 Å². The molecule has 0 aliphatic carbocycles. The summed E-state index contributed by atoms with van der Waals surface area (Å²) in [5.41, 5.74) is 7.19. The second kappa shape index (κ2) is 8.82. The molecule has 176 valence electrons. The molecule has 0 unspecified atom stereocenters. The highest BCUT2D eigenvalue weighted by Crippen LogP contribution is 2.31. The number of nitrogens with one attached hydrogen (secondary N) is 1. The highest BCUT2D eigenvalue weighted by atomic mass is 32.2. The zero-order valence-electron chi connectivity index (χ0n) is 18.3. The lowest BCUT2D eigenvalue weighted by molar-refractivity contribution is 0.0528. The van der Waals surface area contributed by atoms with E-state index in [4.69, 9.17) is 10.5 Å². The number of piperidine rings is 1. The van der Waals surface area contributed by atoms with E-state index < -0.39 is 10.2 Å². The minimum absolute atomic E-state index is 0.0759. The summed E-state index contributed by atoms with van der Waals surface area (Å²) in [7, 11) is -3.87. The number of fused-ring (bicyclic) bond motifs is 1. The van der Waals surface area contributed by atoms with Gasteiger partial charge in [-0.1, -0.05) is 6.07 Å². The van der Waals surface area contributed by atoms with Gasteiger partial charge in [0.15, 0.2) is 5.84 Å². The van der Waals surface area contributed by atoms with Gasteiger partial charge in [-0.2, -0.15) is 8.42 Å². The van der Waals surface area contributed by atoms with E-state index in [0.29, 0.717) is 34.9 Å². The Labute approximate surface area is 197 Å². The summed E-state index contributed by atoms with van der Waals surface area (Å²) in [6.45, 7) is 0.877. The van der Waals surface area contributed by atoms with E-state index in [1.807, 2.05) is 34.0 Å². The van der Waals surface area contributed by atoms with Crippen LogP contribution in [0.4, 0.5) is 5.69 Å². The second-order valence-electron chi connectivity index (χ2n) is 8.18. The van der Waals surface area contributed by atoms with Crippen molar-refractivity contribution in [3.8, 4) is 11.6 Å². The number of amidine groups is 1. The zero-order valence-corrected chi connectivity index (χ0v) is 19.1. The Morgan fingerprint density at radius 3 is 2.82 bits per heavy atom. The predicted molar refractivity (Wildman–Crippen MR) is 127 cm³/mol. The number of likely N-dealkylation sites (tertiary alicyclic amines) is 1. The van der Waals surface area contributed by atoms with Crippen molar-refractivity contribution in [2.75, 3.05) is 17.9 Å². The summed E-state index contributed by atoms with van der Waals surface area (Å²) in [6.07, 6.45) is 8.09. The SMILES string of the molecule is NC1=NS(=O)(=O)Nc2cccc(OC[C@H]3CCCCN3C(=O)c3ccnc(-n4cccc4)c3)c21. The van der Waals surface area contributed by atoms with Gasteiger partial charge < -0.3 is 19.9 Å². The summed E-state index contributed by atoms with van der Waals surface area (Å²) in [5, 5.41) is 0. The number of hydrogen-bond donors (Lipinski definition) is 2. The average molecular weight is 481 g/mol. The Bertz CT molecular complexity index is 1350. The van der Waals surface area contributed by atoms with Crippen LogP contribution in [0.2, 0.25) is 0 Å². The lowest BCUT2D eigenvalue weighted by Gasteiger charge is -2.36. The third-order valence-electron chi connectivity index (χ3n) is 5.92. The van der Waals surface area contributed by atoms with E-state index in [1.54, 1.807) is 36.5 Å². The van der Waals surface area contributed by atoms with Gasteiger partial charge in [-0.15, -0.1) is 4.40 Å². The molecule has 3 aromatic rings. The Kier molecular flexibility index (Phi) is 5.70. The summed E-state index contributed by atoms with van der Waals surface area (Å²) in [6, 6.07) is 12.2. The van der Waals surface area contributed by atoms with Crippen molar-refractivity contribution in [1.29, 1.82) is 0 Å². The normalized spacial score (nSPS) is 19.0. The number of ether oxygens (including phenoxy) is 1. The van der Waals surface area contributed by atoms with Crippen LogP contribution in [0.3, 0.4) is 0 Å². The molecular formula is C23H24N6O4S. The molecule has 2 aromatic heterocycles. The third-order valence-corrected chi connectivity index (χ3v) is 6.84. The molecule has 10 nitrogen and oxygen atoms in total. The van der Waals surface area contributed by atoms with Crippen LogP contribution in [-0.2, 0) is 10.2 Å². The van der Waals surface area contributed by atoms with Crippen LogP contribution in [0.1, 0.15) is 35.2 Å². The predicted octanol–water partition coefficient (Wildman–Crippen LogP) is 2.32. The molecule has 0 saturated carbocycles. The van der Waals surface area contributed by atoms with Gasteiger partial charge in [-0.25, -0.2) is 4.98 Å². The molecule has 11 heteroatoms. The molecule has 0 bridgehead atoms. The van der Waals surface area contributed by atoms with Gasteiger partial charge in [0.2, 0.25) is 0 Å². The molecule has 5 rings (SSSR count). The first-order chi connectivity index (χ1) is 16.4. The van der Waals surface area contributed by atoms with E-state index in [9.17, 15) is 13.2 Å². The Morgan fingerprint density at radius 1 is 1.18 bits per heavy atom. The summed E-state index contributed by atoms with van der Waals surface area (Å²) < 4.78 is 37.5. The molecule has 0 spiro atoms. The van der Waals surface area contributed by atoms with E-state index in [1.165, 1.54) is 0 Å². The number of rotatable bonds is 5. The molecule has 4 heterocycles. The van der Waals surface area contributed by atoms with Crippen LogP contribution in [0.5, 0.6) is 5.75 Å². The first kappa shape index (κ1) is 22.0. The van der Waals surface area contributed by atoms with Crippen molar-refractivity contribution in [2.24, 2.45) is 10.1 Å². The fourth-order valence-electron chi connectivity index (χ4n) is 4.31. The van der Waals surface area contributed by atoms with Crippen molar-refractivity contribution in [3.05, 3.63) is 72.2 Å². The number of carbonyl (C=O) groups is 1. The van der Waals surface area contributed by atoms with Gasteiger partial charge in [0.05, 0.1) is 17.3 Å². The van der Waals surface area contributed by atoms with Gasteiger partial charge in [0.25, 0.3) is 5.91 Å². The zero-order chi connectivity index (χ0) is 23.7. The number of hydrogen-bond acceptors (Lipinski definition) is 6. The van der Waals surface area contributed by atoms with Gasteiger partial charge in [0, 0.05) is 30.7 Å². The average Bonchev–Trinajstić information content (AvgIpc) is 3.37. The lowest BCUT2D eigenvalue weighted by Crippen LogP contribution is -2.46. The van der Waals surface area contributed by atoms with E-state index in [-0.39, 0.29) is 24.4 Å². The van der Waals surface area contributed by atoms with Crippen LogP contribution in [0.15, 0.2) is 65.5 Å². The highest BCUT2D eigenvalue weighted by molar-refractivity contribution is 7.91. The number of nitrogens with two attached hydrogens (primary N) is 1. The molecule has 2 aliphatic rings. The molecule has 1 amide bonds. The van der Waals surface area contributed by atoms with E-state index in [2.05, 4.69) is 14.1 Å². The number of nitrogens with zero attached hydrogens (tertiary/aromatic N) is 4. The fraction of sp³-hybridized carbons (Fsp3) is 0.261. The van der Waals surface area contributed by atoms with Crippen molar-refractivity contribution in [2.45, 2.75) is 25.3 Å². The molecule has 2 aliphatic heterocycles. The Hall–Kier alpha value is -3.86. The maximum absolute atomic E-state index is 13.4. The highest BCUT2D eigenvalue weighted by Gasteiger charge is 2.30. The number of carbonyl (C=O) groups excluding carboxylic acids is 1. The van der Waals surface area contributed by atoms with Crippen molar-refractivity contribution in [3.63, 3.8) is 0 Å². The molecule has 1 aromatic carbocycles. The summed E-state index contributed by atoms with van der Waals surface area (Å²) in [4.78, 5) is 19.6. The number of aromatic nitrogens is 2. The van der Waals surface area contributed by atoms with E-state index in [0.717, 1.165) is 19.3 Å². The van der Waals surface area contributed by atoms with Crippen LogP contribution in [-0.4, -0.2) is 53.8 Å². The first-order valence-electron chi connectivity index (χ1n) is 11.0. The standard InChI is InChI=1S/C23H24N6O4S/c24-22-21-18(26-34(31,32)27-22)7-5-8-19(21)33-15-17-6-1-2-13-29(17)23(30)16-9-10-25-20(14-16)28-11-3-4-12-28/h3-5,7-12,14,17,26H,1-2,6,13,15H2,(H2,24,27)/t17-/m1/s1. The largest absolute Gasteiger partial charge is 0.491 e. The minimum Gasteiger partial charge on any atom is -0.491 e. The molecule has 34 heavy (non-hydrogen) atoms. The topological polar surface area (TPSA) is 132 Å². The fourth-order valence-corrected chi connectivity index (χ4v) is 5.15. The number of pyridine rings is 1. The van der Waals surface area contributed by atoms with Crippen molar-refractivity contribution in [1.82, 2.24) is 14.5 Å². The number of amides is 1. The molecule has 1 fully saturated rings. The van der Waals surface area contributed by atoms with Crippen LogP contribution in [0, 0.1) is 0 Å². The number of benzene rings is 1. The maximum atomic E-state index is 13.4. The Balaban J connectivity index is 1.35. The van der Waals surface area contributed by atoms with Gasteiger partial charge in [-0.05, 0) is 55.7 Å². The Morgan fingerprint density at radius 2 is 2.00 bits per heavy atom. The molecule has 0 radical (unpaired) electrons. The lowest BCUT2D eigenvalue weighted by atomic mass is 10.0. The summed E-state index contributed by atoms with van der Waals surface area (Å²) >= 11 is 0. The first-order valence-corrected chi connectivity index (χ1v) is 12.4. The quantitative estimate of drug-likeness (QED) is 0.576. The number of anilines is 1. The van der Waals surface area contributed by atoms with Crippen LogP contribution >= 0.6 is 0 Å². The van der Waals surface area contributed by atoms with Crippen LogP contribution in [0.25, 0.3) is 5.82 Å². The van der Waals surface area contributed by atoms with Gasteiger partial charge >= 0.3 is 10.2 Å².